The molecule has 0 aromatic heterocycles. The van der Waals surface area contributed by atoms with Crippen molar-refractivity contribution in [2.75, 3.05) is 26.3 Å². The van der Waals surface area contributed by atoms with E-state index in [9.17, 15) is 4.79 Å². The van der Waals surface area contributed by atoms with E-state index in [1.807, 2.05) is 41.3 Å². The van der Waals surface area contributed by atoms with Crippen LogP contribution in [0.5, 0.6) is 0 Å². The van der Waals surface area contributed by atoms with Crippen LogP contribution in [0.3, 0.4) is 0 Å². The summed E-state index contributed by atoms with van der Waals surface area (Å²) in [7, 11) is 0. The molecule has 212 valence electrons. The van der Waals surface area contributed by atoms with E-state index >= 15 is 0 Å². The largest absolute Gasteiger partial charge is 0.412 e. The molecule has 0 spiro atoms. The number of benzene rings is 2. The molecule has 2 aromatic rings. The zero-order valence-corrected chi connectivity index (χ0v) is 22.8. The van der Waals surface area contributed by atoms with Crippen molar-refractivity contribution in [1.29, 1.82) is 0 Å². The highest BCUT2D eigenvalue weighted by Crippen LogP contribution is 2.42. The van der Waals surface area contributed by atoms with Gasteiger partial charge in [-0.15, -0.1) is 0 Å². The molecule has 0 aliphatic carbocycles. The topological polar surface area (TPSA) is 168 Å². The second-order valence-electron chi connectivity index (χ2n) is 9.55. The Morgan fingerprint density at radius 1 is 1.08 bits per heavy atom. The van der Waals surface area contributed by atoms with E-state index in [0.717, 1.165) is 49.5 Å². The van der Waals surface area contributed by atoms with Crippen LogP contribution in [-0.4, -0.2) is 54.1 Å². The molecule has 1 unspecified atom stereocenters. The van der Waals surface area contributed by atoms with E-state index in [1.54, 1.807) is 0 Å². The number of piperidine rings is 1. The SMILES string of the molecule is C.CC1(C)CN(C(=O)[C@@H](CCCNCN)NCc2ccc(Cl)cc2)CCC1c1ccc(Cl)cc1.N.O.O. The lowest BCUT2D eigenvalue weighted by Crippen LogP contribution is -2.53. The number of halogens is 2. The molecule has 1 heterocycles. The lowest BCUT2D eigenvalue weighted by Gasteiger charge is -2.45. The Kier molecular flexibility index (Phi) is 17.9. The first-order valence-corrected chi connectivity index (χ1v) is 12.5. The lowest BCUT2D eigenvalue weighted by atomic mass is 9.70. The average molecular weight is 561 g/mol. The number of nitrogens with one attached hydrogen (secondary N) is 2. The normalized spacial score (nSPS) is 16.8. The fourth-order valence-electron chi connectivity index (χ4n) is 4.77. The van der Waals surface area contributed by atoms with E-state index in [-0.39, 0.29) is 41.9 Å². The van der Waals surface area contributed by atoms with E-state index in [4.69, 9.17) is 28.9 Å². The maximum Gasteiger partial charge on any atom is 0.239 e. The van der Waals surface area contributed by atoms with Crippen LogP contribution in [0.2, 0.25) is 10.0 Å². The summed E-state index contributed by atoms with van der Waals surface area (Å²) in [4.78, 5) is 15.6. The van der Waals surface area contributed by atoms with Crippen LogP contribution in [-0.2, 0) is 11.3 Å². The van der Waals surface area contributed by atoms with Crippen molar-refractivity contribution in [1.82, 2.24) is 21.7 Å². The number of carbonyl (C=O) groups excluding carboxylic acids is 1. The lowest BCUT2D eigenvalue weighted by molar-refractivity contribution is -0.137. The molecule has 0 bridgehead atoms. The van der Waals surface area contributed by atoms with Crippen LogP contribution >= 0.6 is 23.2 Å². The number of hydrogen-bond acceptors (Lipinski definition) is 5. The van der Waals surface area contributed by atoms with Crippen molar-refractivity contribution < 1.29 is 15.7 Å². The number of likely N-dealkylation sites (tertiary alicyclic amines) is 1. The summed E-state index contributed by atoms with van der Waals surface area (Å²) in [6.45, 7) is 7.88. The Balaban J connectivity index is 0. The summed E-state index contributed by atoms with van der Waals surface area (Å²) in [5, 5.41) is 8.11. The third-order valence-electron chi connectivity index (χ3n) is 6.57. The Hall–Kier alpha value is -1.75. The number of rotatable bonds is 10. The van der Waals surface area contributed by atoms with Crippen molar-refractivity contribution in [3.05, 3.63) is 69.7 Å². The molecule has 0 radical (unpaired) electrons. The van der Waals surface area contributed by atoms with Crippen LogP contribution in [0.4, 0.5) is 0 Å². The van der Waals surface area contributed by atoms with Crippen LogP contribution in [0.25, 0.3) is 0 Å². The fourth-order valence-corrected chi connectivity index (χ4v) is 5.02. The smallest absolute Gasteiger partial charge is 0.239 e. The molecule has 1 amide bonds. The summed E-state index contributed by atoms with van der Waals surface area (Å²) in [6, 6.07) is 15.7. The molecule has 0 saturated carbocycles. The van der Waals surface area contributed by atoms with Crippen LogP contribution in [0.1, 0.15) is 57.6 Å². The second-order valence-corrected chi connectivity index (χ2v) is 10.4. The number of amides is 1. The van der Waals surface area contributed by atoms with Crippen molar-refractivity contribution in [3.63, 3.8) is 0 Å². The van der Waals surface area contributed by atoms with Gasteiger partial charge < -0.3 is 38.4 Å². The Bertz CT molecular complexity index is 898. The van der Waals surface area contributed by atoms with Gasteiger partial charge in [0.05, 0.1) is 6.04 Å². The molecule has 11 N–H and O–H groups in total. The number of nitrogens with zero attached hydrogens (tertiary/aromatic N) is 1. The fraction of sp³-hybridized carbons (Fsp3) is 0.519. The minimum absolute atomic E-state index is 0. The van der Waals surface area contributed by atoms with Gasteiger partial charge in [0.1, 0.15) is 0 Å². The van der Waals surface area contributed by atoms with Crippen LogP contribution < -0.4 is 22.5 Å². The molecule has 2 aromatic carbocycles. The molecule has 1 aliphatic heterocycles. The minimum atomic E-state index is -0.233. The van der Waals surface area contributed by atoms with Gasteiger partial charge in [-0.2, -0.15) is 0 Å². The van der Waals surface area contributed by atoms with Crippen molar-refractivity contribution in [2.24, 2.45) is 11.1 Å². The molecular formula is C27H47Cl2N5O3. The number of nitrogens with two attached hydrogens (primary N) is 1. The first kappa shape index (κ1) is 37.4. The second kappa shape index (κ2) is 17.7. The van der Waals surface area contributed by atoms with Gasteiger partial charge in [0.25, 0.3) is 0 Å². The highest BCUT2D eigenvalue weighted by molar-refractivity contribution is 6.30. The summed E-state index contributed by atoms with van der Waals surface area (Å²) >= 11 is 12.1. The molecule has 10 heteroatoms. The number of hydrogen-bond donors (Lipinski definition) is 4. The highest BCUT2D eigenvalue weighted by atomic mass is 35.5. The van der Waals surface area contributed by atoms with Gasteiger partial charge in [-0.25, -0.2) is 0 Å². The molecule has 1 aliphatic rings. The maximum absolute atomic E-state index is 13.6. The third-order valence-corrected chi connectivity index (χ3v) is 7.07. The quantitative estimate of drug-likeness (QED) is 0.255. The Morgan fingerprint density at radius 2 is 1.65 bits per heavy atom. The monoisotopic (exact) mass is 559 g/mol. The maximum atomic E-state index is 13.6. The van der Waals surface area contributed by atoms with Gasteiger partial charge in [-0.05, 0) is 72.5 Å². The summed E-state index contributed by atoms with van der Waals surface area (Å²) in [5.74, 6) is 0.576. The van der Waals surface area contributed by atoms with E-state index < -0.39 is 0 Å². The van der Waals surface area contributed by atoms with Gasteiger partial charge >= 0.3 is 0 Å². The highest BCUT2D eigenvalue weighted by Gasteiger charge is 2.39. The molecule has 37 heavy (non-hydrogen) atoms. The van der Waals surface area contributed by atoms with E-state index in [0.29, 0.717) is 24.2 Å². The van der Waals surface area contributed by atoms with Gasteiger partial charge in [0.2, 0.25) is 5.91 Å². The average Bonchev–Trinajstić information content (AvgIpc) is 2.79. The predicted molar refractivity (Wildman–Crippen MR) is 157 cm³/mol. The zero-order chi connectivity index (χ0) is 23.8. The van der Waals surface area contributed by atoms with Gasteiger partial charge in [-0.1, -0.05) is 68.7 Å². The van der Waals surface area contributed by atoms with E-state index in [1.165, 1.54) is 5.56 Å². The Labute approximate surface area is 232 Å². The van der Waals surface area contributed by atoms with Crippen LogP contribution in [0, 0.1) is 5.41 Å². The molecule has 1 fully saturated rings. The van der Waals surface area contributed by atoms with Crippen molar-refractivity contribution in [2.45, 2.75) is 59.0 Å². The first-order chi connectivity index (χ1) is 15.8. The van der Waals surface area contributed by atoms with Gasteiger partial charge in [0.15, 0.2) is 0 Å². The third kappa shape index (κ3) is 10.9. The summed E-state index contributed by atoms with van der Waals surface area (Å²) < 4.78 is 0. The van der Waals surface area contributed by atoms with Crippen molar-refractivity contribution >= 4 is 29.1 Å². The molecular weight excluding hydrogens is 513 g/mol. The molecule has 3 rings (SSSR count). The predicted octanol–water partition coefficient (Wildman–Crippen LogP) is 3.93. The Morgan fingerprint density at radius 3 is 2.19 bits per heavy atom. The zero-order valence-electron chi connectivity index (χ0n) is 21.3. The summed E-state index contributed by atoms with van der Waals surface area (Å²) in [5.41, 5.74) is 7.93. The van der Waals surface area contributed by atoms with Gasteiger partial charge in [0, 0.05) is 36.3 Å². The standard InChI is InChI=1S/C26H36Cl2N4O.CH4.H3N.2H2O/c1-26(2)17-32(15-13-23(26)20-7-11-22(28)12-8-20)25(33)24(4-3-14-30-18-29)31-16-19-5-9-21(27)10-6-19;;;;/h5-12,23-24,30-31H,3-4,13-18,29H2,1-2H3;1H4;1H3;2*1H2/t23?,24-;;;;/m1..../s1. The van der Waals surface area contributed by atoms with Crippen molar-refractivity contribution in [3.8, 4) is 0 Å². The first-order valence-electron chi connectivity index (χ1n) is 11.7. The molecule has 1 saturated heterocycles. The molecule has 8 nitrogen and oxygen atoms in total. The number of carbonyl (C=O) groups is 1. The molecule has 2 atom stereocenters. The minimum Gasteiger partial charge on any atom is -0.412 e. The van der Waals surface area contributed by atoms with E-state index in [2.05, 4.69) is 36.6 Å². The van der Waals surface area contributed by atoms with Crippen LogP contribution in [0.15, 0.2) is 48.5 Å². The van der Waals surface area contributed by atoms with Gasteiger partial charge in [-0.3, -0.25) is 4.79 Å². The summed E-state index contributed by atoms with van der Waals surface area (Å²) in [6.07, 6.45) is 2.59.